The molecule has 7 rings (SSSR count). The maximum Gasteiger partial charge on any atom is 0.407 e. The van der Waals surface area contributed by atoms with Crippen molar-refractivity contribution in [1.29, 1.82) is 0 Å². The van der Waals surface area contributed by atoms with Crippen molar-refractivity contribution in [2.24, 2.45) is 0 Å². The molecule has 258 valence electrons. The lowest BCUT2D eigenvalue weighted by atomic mass is 10.0. The Hall–Kier alpha value is -4.68. The third-order valence-electron chi connectivity index (χ3n) is 9.49. The van der Waals surface area contributed by atoms with Crippen LogP contribution >= 0.6 is 0 Å². The van der Waals surface area contributed by atoms with Gasteiger partial charge in [-0.3, -0.25) is 9.59 Å². The summed E-state index contributed by atoms with van der Waals surface area (Å²) in [4.78, 5) is 46.6. The Morgan fingerprint density at radius 1 is 1.02 bits per heavy atom. The van der Waals surface area contributed by atoms with Crippen molar-refractivity contribution in [3.63, 3.8) is 0 Å². The monoisotopic (exact) mass is 670 g/mol. The normalized spacial score (nSPS) is 18.0. The van der Waals surface area contributed by atoms with E-state index in [1.807, 2.05) is 36.4 Å². The highest BCUT2D eigenvalue weighted by Gasteiger charge is 2.34. The van der Waals surface area contributed by atoms with Crippen molar-refractivity contribution in [2.75, 3.05) is 64.7 Å². The quantitative estimate of drug-likeness (QED) is 0.228. The predicted octanol–water partition coefficient (Wildman–Crippen LogP) is 5.18. The van der Waals surface area contributed by atoms with Crippen LogP contribution in [0.2, 0.25) is 0 Å². The Labute approximate surface area is 284 Å². The van der Waals surface area contributed by atoms with Crippen LogP contribution < -0.4 is 20.8 Å². The van der Waals surface area contributed by atoms with Gasteiger partial charge in [0.25, 0.3) is 5.91 Å². The van der Waals surface area contributed by atoms with Crippen molar-refractivity contribution in [1.82, 2.24) is 24.6 Å². The number of fused-ring (bicyclic) bond motifs is 4. The number of nitrogens with one attached hydrogen (secondary N) is 2. The molecule has 1 atom stereocenters. The molecule has 3 aliphatic heterocycles. The van der Waals surface area contributed by atoms with Gasteiger partial charge in [0, 0.05) is 57.4 Å². The van der Waals surface area contributed by atoms with Crippen LogP contribution in [0.15, 0.2) is 53.5 Å². The second kappa shape index (κ2) is 13.0. The van der Waals surface area contributed by atoms with E-state index in [0.29, 0.717) is 36.5 Å². The number of piperazine rings is 1. The molecule has 0 aliphatic carbocycles. The molecule has 49 heavy (non-hydrogen) atoms. The fourth-order valence-electron chi connectivity index (χ4n) is 6.96. The third kappa shape index (κ3) is 6.54. The molecule has 0 bridgehead atoms. The molecule has 2 saturated heterocycles. The highest BCUT2D eigenvalue weighted by Crippen LogP contribution is 2.47. The molecule has 0 saturated carbocycles. The maximum absolute atomic E-state index is 16.1. The van der Waals surface area contributed by atoms with Crippen LogP contribution in [0.4, 0.5) is 14.9 Å². The fourth-order valence-corrected chi connectivity index (χ4v) is 6.96. The Balaban J connectivity index is 1.23. The van der Waals surface area contributed by atoms with E-state index in [1.165, 1.54) is 6.07 Å². The Morgan fingerprint density at radius 2 is 1.80 bits per heavy atom. The maximum atomic E-state index is 16.1. The van der Waals surface area contributed by atoms with Crippen LogP contribution in [-0.2, 0) is 4.74 Å². The van der Waals surface area contributed by atoms with Crippen molar-refractivity contribution >= 4 is 39.4 Å². The van der Waals surface area contributed by atoms with Gasteiger partial charge in [-0.2, -0.15) is 0 Å². The molecule has 11 nitrogen and oxygen atoms in total. The van der Waals surface area contributed by atoms with Gasteiger partial charge < -0.3 is 39.4 Å². The van der Waals surface area contributed by atoms with E-state index in [-0.39, 0.29) is 35.0 Å². The number of rotatable bonds is 7. The topological polar surface area (TPSA) is 108 Å². The first-order valence-corrected chi connectivity index (χ1v) is 17.0. The number of carbonyl (C=O) groups is 2. The number of likely N-dealkylation sites (N-methyl/N-ethyl adjacent to an activating group) is 1. The summed E-state index contributed by atoms with van der Waals surface area (Å²) in [7, 11) is 2.13. The van der Waals surface area contributed by atoms with E-state index in [0.717, 1.165) is 49.9 Å². The van der Waals surface area contributed by atoms with E-state index < -0.39 is 28.8 Å². The largest absolute Gasteiger partial charge is 0.450 e. The van der Waals surface area contributed by atoms with Gasteiger partial charge in [-0.1, -0.05) is 30.3 Å². The minimum absolute atomic E-state index is 0.0581. The first-order valence-electron chi connectivity index (χ1n) is 17.0. The molecule has 3 aromatic carbocycles. The number of benzene rings is 3. The zero-order valence-electron chi connectivity index (χ0n) is 28.5. The smallest absolute Gasteiger partial charge is 0.407 e. The molecule has 4 aromatic rings. The summed E-state index contributed by atoms with van der Waals surface area (Å²) in [6.07, 6.45) is 2.31. The Morgan fingerprint density at radius 3 is 2.57 bits per heavy atom. The molecule has 1 aromatic heterocycles. The van der Waals surface area contributed by atoms with Crippen LogP contribution in [0.1, 0.15) is 44.0 Å². The number of likely N-dealkylation sites (tertiary alicyclic amines) is 1. The van der Waals surface area contributed by atoms with Crippen LogP contribution in [0.3, 0.4) is 0 Å². The van der Waals surface area contributed by atoms with Gasteiger partial charge in [0.1, 0.15) is 22.4 Å². The SMILES string of the molecule is CN1CCN(CCCNc2c(F)cc3c(=O)c(C(=O)N4CC[C@@H](NC(=O)OC(C)(C)C)C4)cn4c3c2Oc2c-4ccc3ccccc23)CC1. The first-order chi connectivity index (χ1) is 23.5. The number of nitrogens with zero attached hydrogens (tertiary/aromatic N) is 4. The molecule has 0 unspecified atom stereocenters. The molecule has 2 fully saturated rings. The molecule has 0 radical (unpaired) electrons. The lowest BCUT2D eigenvalue weighted by Gasteiger charge is -2.32. The zero-order valence-corrected chi connectivity index (χ0v) is 28.5. The third-order valence-corrected chi connectivity index (χ3v) is 9.49. The number of halogens is 1. The van der Waals surface area contributed by atoms with Crippen LogP contribution in [-0.4, -0.2) is 102 Å². The van der Waals surface area contributed by atoms with Gasteiger partial charge in [0.15, 0.2) is 17.3 Å². The molecule has 2 amide bonds. The second-order valence-electron chi connectivity index (χ2n) is 14.2. The van der Waals surface area contributed by atoms with Crippen molar-refractivity contribution in [3.8, 4) is 17.2 Å². The summed E-state index contributed by atoms with van der Waals surface area (Å²) >= 11 is 0. The molecule has 0 spiro atoms. The Bertz CT molecular complexity index is 2000. The highest BCUT2D eigenvalue weighted by atomic mass is 19.1. The lowest BCUT2D eigenvalue weighted by molar-refractivity contribution is 0.0502. The van der Waals surface area contributed by atoms with Gasteiger partial charge in [-0.05, 0) is 64.7 Å². The van der Waals surface area contributed by atoms with Crippen molar-refractivity contribution < 1.29 is 23.5 Å². The van der Waals surface area contributed by atoms with Crippen LogP contribution in [0, 0.1) is 5.82 Å². The molecule has 2 N–H and O–H groups in total. The summed E-state index contributed by atoms with van der Waals surface area (Å²) in [5.74, 6) is -0.368. The van der Waals surface area contributed by atoms with Gasteiger partial charge in [-0.15, -0.1) is 0 Å². The number of hydrogen-bond donors (Lipinski definition) is 2. The number of alkyl carbamates (subject to hydrolysis) is 1. The Kier molecular flexibility index (Phi) is 8.70. The predicted molar refractivity (Wildman–Crippen MR) is 188 cm³/mol. The summed E-state index contributed by atoms with van der Waals surface area (Å²) in [5, 5.41) is 7.93. The number of carbonyl (C=O) groups excluding carboxylic acids is 2. The first kappa shape index (κ1) is 32.8. The highest BCUT2D eigenvalue weighted by molar-refractivity contribution is 6.03. The van der Waals surface area contributed by atoms with Crippen molar-refractivity contribution in [3.05, 3.63) is 70.3 Å². The number of amides is 2. The number of anilines is 1. The lowest BCUT2D eigenvalue weighted by Crippen LogP contribution is -2.44. The second-order valence-corrected chi connectivity index (χ2v) is 14.2. The standard InChI is InChI=1S/C37H43FN6O5/c1-37(2,3)49-36(47)40-24-12-15-43(21-24)35(46)27-22-44-29-11-10-23-8-5-6-9-25(23)33(29)48-34-30(28(38)20-26(31(34)44)32(27)45)39-13-7-14-42-18-16-41(4)17-19-42/h5-6,8-11,20,22,24,39H,7,12-19,21H2,1-4H3,(H,40,47)/t24-/m1/s1. The van der Waals surface area contributed by atoms with Gasteiger partial charge >= 0.3 is 6.09 Å². The molecule has 3 aliphatic rings. The summed E-state index contributed by atoms with van der Waals surface area (Å²) in [6, 6.07) is 12.5. The number of ether oxygens (including phenoxy) is 2. The minimum Gasteiger partial charge on any atom is -0.450 e. The molecular weight excluding hydrogens is 627 g/mol. The average molecular weight is 671 g/mol. The summed E-state index contributed by atoms with van der Waals surface area (Å²) in [5.41, 5.74) is -0.0768. The number of hydrogen-bond acceptors (Lipinski definition) is 8. The van der Waals surface area contributed by atoms with Crippen LogP contribution in [0.25, 0.3) is 27.4 Å². The van der Waals surface area contributed by atoms with E-state index >= 15 is 4.39 Å². The number of pyridine rings is 1. The van der Waals surface area contributed by atoms with Crippen LogP contribution in [0.5, 0.6) is 11.5 Å². The molecular formula is C37H43FN6O5. The van der Waals surface area contributed by atoms with Gasteiger partial charge in [0.2, 0.25) is 5.43 Å². The number of aromatic nitrogens is 1. The fraction of sp³-hybridized carbons (Fsp3) is 0.432. The minimum atomic E-state index is -0.654. The van der Waals surface area contributed by atoms with Crippen molar-refractivity contribution in [2.45, 2.75) is 45.3 Å². The van der Waals surface area contributed by atoms with E-state index in [4.69, 9.17) is 9.47 Å². The molecule has 12 heteroatoms. The van der Waals surface area contributed by atoms with E-state index in [9.17, 15) is 14.4 Å². The summed E-state index contributed by atoms with van der Waals surface area (Å²) < 4.78 is 29.8. The van der Waals surface area contributed by atoms with E-state index in [1.54, 1.807) is 36.4 Å². The van der Waals surface area contributed by atoms with E-state index in [2.05, 4.69) is 27.5 Å². The zero-order chi connectivity index (χ0) is 34.4. The van der Waals surface area contributed by atoms with Gasteiger partial charge in [-0.25, -0.2) is 9.18 Å². The average Bonchev–Trinajstić information content (AvgIpc) is 3.53. The summed E-state index contributed by atoms with van der Waals surface area (Å²) in [6.45, 7) is 11.4. The molecule has 4 heterocycles. The van der Waals surface area contributed by atoms with Gasteiger partial charge in [0.05, 0.1) is 17.1 Å².